The molecule has 2 atom stereocenters. The van der Waals surface area contributed by atoms with Crippen LogP contribution in [0.2, 0.25) is 0 Å². The Morgan fingerprint density at radius 3 is 2.74 bits per heavy atom. The van der Waals surface area contributed by atoms with Crippen LogP contribution in [0.5, 0.6) is 0 Å². The number of aryl methyl sites for hydroxylation is 1. The Morgan fingerprint density at radius 2 is 2.16 bits per heavy atom. The molecule has 1 aliphatic rings. The molecule has 0 spiro atoms. The van der Waals surface area contributed by atoms with Gasteiger partial charge in [-0.25, -0.2) is 0 Å². The highest BCUT2D eigenvalue weighted by Crippen LogP contribution is 2.20. The molecular formula is C14H23N3O2. The number of nitrogens with zero attached hydrogens (tertiary/aromatic N) is 2. The van der Waals surface area contributed by atoms with Gasteiger partial charge < -0.3 is 14.7 Å². The van der Waals surface area contributed by atoms with Crippen molar-refractivity contribution in [2.45, 2.75) is 27.2 Å². The fourth-order valence-corrected chi connectivity index (χ4v) is 2.87. The molecule has 0 unspecified atom stereocenters. The number of piperidine rings is 1. The lowest BCUT2D eigenvalue weighted by Crippen LogP contribution is -2.42. The Bertz CT molecular complexity index is 420. The second-order valence-corrected chi connectivity index (χ2v) is 5.78. The Balaban J connectivity index is 1.73. The number of aromatic nitrogens is 1. The molecule has 1 saturated heterocycles. The zero-order valence-electron chi connectivity index (χ0n) is 12.0. The molecule has 1 aliphatic heterocycles. The zero-order chi connectivity index (χ0) is 13.8. The van der Waals surface area contributed by atoms with Gasteiger partial charge in [0.15, 0.2) is 5.69 Å². The van der Waals surface area contributed by atoms with Gasteiger partial charge in [-0.3, -0.25) is 4.79 Å². The van der Waals surface area contributed by atoms with E-state index in [0.29, 0.717) is 18.0 Å². The van der Waals surface area contributed by atoms with Crippen LogP contribution in [-0.4, -0.2) is 42.1 Å². The molecule has 2 heterocycles. The third-order valence-electron chi connectivity index (χ3n) is 3.52. The summed E-state index contributed by atoms with van der Waals surface area (Å²) < 4.78 is 4.89. The Hall–Kier alpha value is -1.36. The summed E-state index contributed by atoms with van der Waals surface area (Å²) in [5.74, 6) is 1.99. The lowest BCUT2D eigenvalue weighted by Gasteiger charge is -2.34. The van der Waals surface area contributed by atoms with Crippen LogP contribution in [0.3, 0.4) is 0 Å². The van der Waals surface area contributed by atoms with Gasteiger partial charge in [-0.1, -0.05) is 19.0 Å². The standard InChI is InChI=1S/C14H23N3O2/c1-10-6-11(2)9-17(8-10)5-4-15-14(18)13-7-12(3)19-16-13/h7,10-11H,4-6,8-9H2,1-3H3,(H,15,18)/t10-,11+. The van der Waals surface area contributed by atoms with E-state index in [2.05, 4.69) is 29.2 Å². The number of carbonyl (C=O) groups is 1. The summed E-state index contributed by atoms with van der Waals surface area (Å²) in [5, 5.41) is 6.59. The Labute approximate surface area is 114 Å². The lowest BCUT2D eigenvalue weighted by molar-refractivity contribution is 0.0928. The van der Waals surface area contributed by atoms with Crippen LogP contribution in [0.4, 0.5) is 0 Å². The first-order chi connectivity index (χ1) is 9.04. The topological polar surface area (TPSA) is 58.4 Å². The highest BCUT2D eigenvalue weighted by Gasteiger charge is 2.21. The lowest BCUT2D eigenvalue weighted by atomic mass is 9.92. The molecule has 1 aromatic heterocycles. The molecule has 1 N–H and O–H groups in total. The maximum atomic E-state index is 11.8. The van der Waals surface area contributed by atoms with Crippen molar-refractivity contribution in [3.63, 3.8) is 0 Å². The summed E-state index contributed by atoms with van der Waals surface area (Å²) in [4.78, 5) is 14.2. The molecule has 2 rings (SSSR count). The highest BCUT2D eigenvalue weighted by atomic mass is 16.5. The van der Waals surface area contributed by atoms with E-state index in [4.69, 9.17) is 4.52 Å². The van der Waals surface area contributed by atoms with E-state index < -0.39 is 0 Å². The minimum atomic E-state index is -0.157. The summed E-state index contributed by atoms with van der Waals surface area (Å²) in [6.45, 7) is 10.2. The molecule has 5 nitrogen and oxygen atoms in total. The summed E-state index contributed by atoms with van der Waals surface area (Å²) in [6, 6.07) is 1.65. The van der Waals surface area contributed by atoms with Crippen molar-refractivity contribution in [3.05, 3.63) is 17.5 Å². The van der Waals surface area contributed by atoms with Crippen molar-refractivity contribution in [2.24, 2.45) is 11.8 Å². The second kappa shape index (κ2) is 6.19. The predicted octanol–water partition coefficient (Wildman–Crippen LogP) is 1.69. The first-order valence-corrected chi connectivity index (χ1v) is 6.98. The van der Waals surface area contributed by atoms with Crippen LogP contribution in [0.25, 0.3) is 0 Å². The van der Waals surface area contributed by atoms with Gasteiger partial charge in [0, 0.05) is 32.2 Å². The molecule has 1 aromatic rings. The van der Waals surface area contributed by atoms with Crippen LogP contribution in [0.15, 0.2) is 10.6 Å². The molecule has 0 saturated carbocycles. The van der Waals surface area contributed by atoms with E-state index in [1.807, 2.05) is 0 Å². The summed E-state index contributed by atoms with van der Waals surface area (Å²) in [5.41, 5.74) is 0.359. The normalized spacial score (nSPS) is 24.4. The van der Waals surface area contributed by atoms with Crippen molar-refractivity contribution in [3.8, 4) is 0 Å². The Morgan fingerprint density at radius 1 is 1.47 bits per heavy atom. The SMILES string of the molecule is Cc1cc(C(=O)NCCN2C[C@H](C)C[C@H](C)C2)no1. The third kappa shape index (κ3) is 4.06. The monoisotopic (exact) mass is 265 g/mol. The van der Waals surface area contributed by atoms with E-state index in [9.17, 15) is 4.79 Å². The van der Waals surface area contributed by atoms with E-state index in [-0.39, 0.29) is 5.91 Å². The molecule has 1 fully saturated rings. The first-order valence-electron chi connectivity index (χ1n) is 6.98. The van der Waals surface area contributed by atoms with E-state index in [0.717, 1.165) is 31.5 Å². The maximum absolute atomic E-state index is 11.8. The molecular weight excluding hydrogens is 242 g/mol. The first kappa shape index (κ1) is 14.1. The van der Waals surface area contributed by atoms with Gasteiger partial charge in [0.25, 0.3) is 5.91 Å². The molecule has 106 valence electrons. The molecule has 0 aliphatic carbocycles. The minimum Gasteiger partial charge on any atom is -0.361 e. The number of nitrogens with one attached hydrogen (secondary N) is 1. The number of hydrogen-bond acceptors (Lipinski definition) is 4. The summed E-state index contributed by atoms with van der Waals surface area (Å²) in [6.07, 6.45) is 1.31. The van der Waals surface area contributed by atoms with Gasteiger partial charge in [0.2, 0.25) is 0 Å². The van der Waals surface area contributed by atoms with Crippen molar-refractivity contribution >= 4 is 5.91 Å². The van der Waals surface area contributed by atoms with E-state index >= 15 is 0 Å². The molecule has 5 heteroatoms. The quantitative estimate of drug-likeness (QED) is 0.900. The van der Waals surface area contributed by atoms with Crippen LogP contribution in [0, 0.1) is 18.8 Å². The van der Waals surface area contributed by atoms with Crippen molar-refractivity contribution < 1.29 is 9.32 Å². The maximum Gasteiger partial charge on any atom is 0.273 e. The predicted molar refractivity (Wildman–Crippen MR) is 73.0 cm³/mol. The minimum absolute atomic E-state index is 0.157. The van der Waals surface area contributed by atoms with Crippen molar-refractivity contribution in [1.82, 2.24) is 15.4 Å². The van der Waals surface area contributed by atoms with Crippen molar-refractivity contribution in [1.29, 1.82) is 0 Å². The van der Waals surface area contributed by atoms with E-state index in [1.165, 1.54) is 6.42 Å². The van der Waals surface area contributed by atoms with Gasteiger partial charge in [0.1, 0.15) is 5.76 Å². The average Bonchev–Trinajstić information content (AvgIpc) is 2.74. The smallest absolute Gasteiger partial charge is 0.273 e. The summed E-state index contributed by atoms with van der Waals surface area (Å²) >= 11 is 0. The molecule has 0 aromatic carbocycles. The fraction of sp³-hybridized carbons (Fsp3) is 0.714. The second-order valence-electron chi connectivity index (χ2n) is 5.78. The highest BCUT2D eigenvalue weighted by molar-refractivity contribution is 5.92. The van der Waals surface area contributed by atoms with Crippen molar-refractivity contribution in [2.75, 3.05) is 26.2 Å². The van der Waals surface area contributed by atoms with Crippen LogP contribution < -0.4 is 5.32 Å². The molecule has 0 bridgehead atoms. The van der Waals surface area contributed by atoms with Crippen LogP contribution >= 0.6 is 0 Å². The van der Waals surface area contributed by atoms with Gasteiger partial charge in [-0.05, 0) is 25.2 Å². The molecule has 1 amide bonds. The van der Waals surface area contributed by atoms with Gasteiger partial charge in [-0.2, -0.15) is 0 Å². The third-order valence-corrected chi connectivity index (χ3v) is 3.52. The summed E-state index contributed by atoms with van der Waals surface area (Å²) in [7, 11) is 0. The van der Waals surface area contributed by atoms with Crippen LogP contribution in [0.1, 0.15) is 36.5 Å². The molecule has 19 heavy (non-hydrogen) atoms. The van der Waals surface area contributed by atoms with Crippen LogP contribution in [-0.2, 0) is 0 Å². The average molecular weight is 265 g/mol. The zero-order valence-corrected chi connectivity index (χ0v) is 12.0. The largest absolute Gasteiger partial charge is 0.361 e. The number of amides is 1. The van der Waals surface area contributed by atoms with E-state index in [1.54, 1.807) is 13.0 Å². The molecule has 0 radical (unpaired) electrons. The van der Waals surface area contributed by atoms with Gasteiger partial charge >= 0.3 is 0 Å². The number of likely N-dealkylation sites (tertiary alicyclic amines) is 1. The van der Waals surface area contributed by atoms with Gasteiger partial charge in [0.05, 0.1) is 0 Å². The fourth-order valence-electron chi connectivity index (χ4n) is 2.87. The number of carbonyl (C=O) groups excluding carboxylic acids is 1. The number of rotatable bonds is 4. The Kier molecular flexibility index (Phi) is 4.58. The van der Waals surface area contributed by atoms with Gasteiger partial charge in [-0.15, -0.1) is 0 Å². The number of hydrogen-bond donors (Lipinski definition) is 1.